The van der Waals surface area contributed by atoms with Gasteiger partial charge < -0.3 is 4.52 Å². The molecule has 0 saturated carbocycles. The Morgan fingerprint density at radius 3 is 2.75 bits per heavy atom. The van der Waals surface area contributed by atoms with Gasteiger partial charge in [-0.1, -0.05) is 45.4 Å². The van der Waals surface area contributed by atoms with Gasteiger partial charge in [-0.15, -0.1) is 0 Å². The largest absolute Gasteiger partial charge is 0.339 e. The van der Waals surface area contributed by atoms with Crippen LogP contribution in [-0.2, 0) is 6.42 Å². The first-order valence-corrected chi connectivity index (χ1v) is 6.83. The SMILES string of the molecule is Fc1ccccc1-c1noc(Cc2cccc(Br)c2)n1. The van der Waals surface area contributed by atoms with Gasteiger partial charge >= 0.3 is 0 Å². The van der Waals surface area contributed by atoms with Gasteiger partial charge in [-0.2, -0.15) is 4.98 Å². The van der Waals surface area contributed by atoms with Crippen LogP contribution in [0.1, 0.15) is 11.5 Å². The van der Waals surface area contributed by atoms with E-state index in [1.165, 1.54) is 6.07 Å². The molecule has 0 atom stereocenters. The predicted octanol–water partition coefficient (Wildman–Crippen LogP) is 4.23. The Morgan fingerprint density at radius 2 is 1.95 bits per heavy atom. The summed E-state index contributed by atoms with van der Waals surface area (Å²) in [6.45, 7) is 0. The zero-order chi connectivity index (χ0) is 13.9. The van der Waals surface area contributed by atoms with E-state index in [9.17, 15) is 4.39 Å². The standard InChI is InChI=1S/C15H10BrFN2O/c16-11-5-3-4-10(8-11)9-14-18-15(19-20-14)12-6-1-2-7-13(12)17/h1-8H,9H2. The van der Waals surface area contributed by atoms with Crippen molar-refractivity contribution in [2.45, 2.75) is 6.42 Å². The van der Waals surface area contributed by atoms with E-state index in [2.05, 4.69) is 26.1 Å². The number of hydrogen-bond donors (Lipinski definition) is 0. The first-order chi connectivity index (χ1) is 9.72. The summed E-state index contributed by atoms with van der Waals surface area (Å²) in [5.41, 5.74) is 1.39. The van der Waals surface area contributed by atoms with Gasteiger partial charge in [0.15, 0.2) is 0 Å². The molecule has 0 bridgehead atoms. The van der Waals surface area contributed by atoms with Crippen LogP contribution < -0.4 is 0 Å². The molecule has 0 unspecified atom stereocenters. The topological polar surface area (TPSA) is 38.9 Å². The highest BCUT2D eigenvalue weighted by molar-refractivity contribution is 9.10. The smallest absolute Gasteiger partial charge is 0.231 e. The molecule has 1 heterocycles. The highest BCUT2D eigenvalue weighted by atomic mass is 79.9. The molecule has 100 valence electrons. The second-order valence-electron chi connectivity index (χ2n) is 4.30. The van der Waals surface area contributed by atoms with E-state index in [1.807, 2.05) is 24.3 Å². The Balaban J connectivity index is 1.86. The van der Waals surface area contributed by atoms with Crippen molar-refractivity contribution in [3.8, 4) is 11.4 Å². The summed E-state index contributed by atoms with van der Waals surface area (Å²) in [4.78, 5) is 4.23. The normalized spacial score (nSPS) is 10.7. The maximum Gasteiger partial charge on any atom is 0.231 e. The molecule has 0 amide bonds. The van der Waals surface area contributed by atoms with Crippen molar-refractivity contribution in [3.63, 3.8) is 0 Å². The Labute approximate surface area is 123 Å². The van der Waals surface area contributed by atoms with Crippen LogP contribution >= 0.6 is 15.9 Å². The second kappa shape index (κ2) is 5.54. The lowest BCUT2D eigenvalue weighted by molar-refractivity contribution is 0.385. The van der Waals surface area contributed by atoms with Gasteiger partial charge in [0, 0.05) is 4.47 Å². The van der Waals surface area contributed by atoms with Crippen LogP contribution in [0.5, 0.6) is 0 Å². The van der Waals surface area contributed by atoms with Gasteiger partial charge in [0.1, 0.15) is 5.82 Å². The fourth-order valence-electron chi connectivity index (χ4n) is 1.90. The first kappa shape index (κ1) is 13.0. The van der Waals surface area contributed by atoms with Crippen molar-refractivity contribution >= 4 is 15.9 Å². The molecule has 0 aliphatic rings. The third-order valence-electron chi connectivity index (χ3n) is 2.83. The molecule has 0 fully saturated rings. The van der Waals surface area contributed by atoms with E-state index in [0.29, 0.717) is 17.9 Å². The summed E-state index contributed by atoms with van der Waals surface area (Å²) in [6, 6.07) is 14.2. The summed E-state index contributed by atoms with van der Waals surface area (Å²) in [6.07, 6.45) is 0.515. The Morgan fingerprint density at radius 1 is 1.10 bits per heavy atom. The lowest BCUT2D eigenvalue weighted by Crippen LogP contribution is -1.89. The molecule has 5 heteroatoms. The summed E-state index contributed by atoms with van der Waals surface area (Å²) in [5, 5.41) is 3.83. The van der Waals surface area contributed by atoms with E-state index < -0.39 is 0 Å². The number of aromatic nitrogens is 2. The van der Waals surface area contributed by atoms with Crippen LogP contribution in [-0.4, -0.2) is 10.1 Å². The molecule has 3 aromatic rings. The number of rotatable bonds is 3. The van der Waals surface area contributed by atoms with Crippen molar-refractivity contribution in [2.75, 3.05) is 0 Å². The first-order valence-electron chi connectivity index (χ1n) is 6.04. The monoisotopic (exact) mass is 332 g/mol. The molecule has 2 aromatic carbocycles. The minimum atomic E-state index is -0.359. The molecule has 1 aromatic heterocycles. The molecule has 20 heavy (non-hydrogen) atoms. The summed E-state index contributed by atoms with van der Waals surface area (Å²) in [7, 11) is 0. The molecular weight excluding hydrogens is 323 g/mol. The number of hydrogen-bond acceptors (Lipinski definition) is 3. The predicted molar refractivity (Wildman–Crippen MR) is 76.6 cm³/mol. The maximum atomic E-state index is 13.6. The maximum absolute atomic E-state index is 13.6. The number of halogens is 2. The van der Waals surface area contributed by atoms with Crippen LogP contribution in [0.25, 0.3) is 11.4 Å². The van der Waals surface area contributed by atoms with Crippen LogP contribution in [0.4, 0.5) is 4.39 Å². The average Bonchev–Trinajstić information content (AvgIpc) is 2.87. The highest BCUT2D eigenvalue weighted by Gasteiger charge is 2.12. The number of nitrogens with zero attached hydrogens (tertiary/aromatic N) is 2. The molecule has 0 aliphatic carbocycles. The van der Waals surface area contributed by atoms with Gasteiger partial charge in [-0.3, -0.25) is 0 Å². The molecule has 0 radical (unpaired) electrons. The zero-order valence-corrected chi connectivity index (χ0v) is 12.0. The van der Waals surface area contributed by atoms with Crippen molar-refractivity contribution in [3.05, 3.63) is 70.3 Å². The number of benzene rings is 2. The van der Waals surface area contributed by atoms with E-state index >= 15 is 0 Å². The van der Waals surface area contributed by atoms with Gasteiger partial charge in [0.2, 0.25) is 11.7 Å². The molecule has 0 N–H and O–H groups in total. The van der Waals surface area contributed by atoms with Crippen molar-refractivity contribution in [2.24, 2.45) is 0 Å². The lowest BCUT2D eigenvalue weighted by Gasteiger charge is -1.97. The van der Waals surface area contributed by atoms with E-state index in [0.717, 1.165) is 10.0 Å². The average molecular weight is 333 g/mol. The van der Waals surface area contributed by atoms with Crippen molar-refractivity contribution < 1.29 is 8.91 Å². The van der Waals surface area contributed by atoms with E-state index in [-0.39, 0.29) is 11.6 Å². The van der Waals surface area contributed by atoms with Gasteiger partial charge in [0.25, 0.3) is 0 Å². The van der Waals surface area contributed by atoms with E-state index in [1.54, 1.807) is 18.2 Å². The quantitative estimate of drug-likeness (QED) is 0.720. The Kier molecular flexibility index (Phi) is 3.60. The van der Waals surface area contributed by atoms with Crippen LogP contribution in [0.15, 0.2) is 57.5 Å². The second-order valence-corrected chi connectivity index (χ2v) is 5.21. The van der Waals surface area contributed by atoms with Crippen LogP contribution in [0.3, 0.4) is 0 Å². The summed E-state index contributed by atoms with van der Waals surface area (Å²) in [5.74, 6) is 0.372. The van der Waals surface area contributed by atoms with Crippen LogP contribution in [0, 0.1) is 5.82 Å². The molecule has 0 spiro atoms. The molecule has 0 saturated heterocycles. The van der Waals surface area contributed by atoms with Crippen molar-refractivity contribution in [1.82, 2.24) is 10.1 Å². The fourth-order valence-corrected chi connectivity index (χ4v) is 2.35. The third-order valence-corrected chi connectivity index (χ3v) is 3.32. The van der Waals surface area contributed by atoms with Gasteiger partial charge in [-0.25, -0.2) is 4.39 Å². The third kappa shape index (κ3) is 2.77. The zero-order valence-electron chi connectivity index (χ0n) is 10.4. The van der Waals surface area contributed by atoms with Crippen LogP contribution in [0.2, 0.25) is 0 Å². The van der Waals surface area contributed by atoms with E-state index in [4.69, 9.17) is 4.52 Å². The molecule has 0 aliphatic heterocycles. The molecule has 3 rings (SSSR count). The minimum absolute atomic E-state index is 0.271. The Hall–Kier alpha value is -2.01. The van der Waals surface area contributed by atoms with Crippen molar-refractivity contribution in [1.29, 1.82) is 0 Å². The highest BCUT2D eigenvalue weighted by Crippen LogP contribution is 2.20. The minimum Gasteiger partial charge on any atom is -0.339 e. The lowest BCUT2D eigenvalue weighted by atomic mass is 10.1. The van der Waals surface area contributed by atoms with Gasteiger partial charge in [0.05, 0.1) is 12.0 Å². The molecule has 3 nitrogen and oxygen atoms in total. The van der Waals surface area contributed by atoms with Gasteiger partial charge in [-0.05, 0) is 29.8 Å². The molecular formula is C15H10BrFN2O. The Bertz CT molecular complexity index is 742. The fraction of sp³-hybridized carbons (Fsp3) is 0.0667. The summed E-state index contributed by atoms with van der Waals surface area (Å²) < 4.78 is 19.8. The summed E-state index contributed by atoms with van der Waals surface area (Å²) >= 11 is 3.41.